The third-order valence-corrected chi connectivity index (χ3v) is 20.9. The molecule has 0 unspecified atom stereocenters. The van der Waals surface area contributed by atoms with Crippen molar-refractivity contribution in [3.05, 3.63) is 280 Å². The van der Waals surface area contributed by atoms with Crippen molar-refractivity contribution >= 4 is 0 Å². The van der Waals surface area contributed by atoms with Gasteiger partial charge in [0.15, 0.2) is 0 Å². The third-order valence-electron chi connectivity index (χ3n) is 20.9. The summed E-state index contributed by atoms with van der Waals surface area (Å²) in [5.74, 6) is 1.17. The van der Waals surface area contributed by atoms with Crippen molar-refractivity contribution in [2.24, 2.45) is 23.7 Å². The fourth-order valence-corrected chi connectivity index (χ4v) is 16.9. The van der Waals surface area contributed by atoms with Gasteiger partial charge in [-0.25, -0.2) is 0 Å². The zero-order valence-corrected chi connectivity index (χ0v) is 86.2. The minimum atomic E-state index is -2.01. The maximum absolute atomic E-state index is 8.50. The maximum Gasteiger partial charge on any atom is 0.0347 e. The molecule has 0 aromatic heterocycles. The van der Waals surface area contributed by atoms with E-state index < -0.39 is 38.2 Å². The molecule has 0 aliphatic rings. The normalized spacial score (nSPS) is 14.6. The quantitative estimate of drug-likeness (QED) is 0.114. The summed E-state index contributed by atoms with van der Waals surface area (Å²) in [4.78, 5) is 0. The first-order chi connectivity index (χ1) is 58.3. The molecule has 0 radical (unpaired) electrons. The Morgan fingerprint density at radius 3 is 0.790 bits per heavy atom. The van der Waals surface area contributed by atoms with Crippen LogP contribution >= 0.6 is 0 Å². The zero-order valence-electron chi connectivity index (χ0n) is 98.2. The van der Waals surface area contributed by atoms with E-state index in [4.69, 9.17) is 16.4 Å². The number of hydrogen-bond donors (Lipinski definition) is 0. The van der Waals surface area contributed by atoms with Crippen LogP contribution in [-0.4, -0.2) is 0 Å². The van der Waals surface area contributed by atoms with Crippen LogP contribution in [0.4, 0.5) is 0 Å². The molecule has 0 amide bonds. The average molecular weight is 1630 g/mol. The third kappa shape index (κ3) is 37.4. The Hall–Kier alpha value is -6.24. The molecule has 0 aliphatic heterocycles. The Balaban J connectivity index is 0.000000753. The minimum absolute atomic E-state index is 0.0570. The molecule has 8 aromatic carbocycles. The molecule has 0 atom stereocenters. The van der Waals surface area contributed by atoms with Crippen molar-refractivity contribution in [2.75, 3.05) is 0 Å². The van der Waals surface area contributed by atoms with E-state index in [9.17, 15) is 0 Å². The van der Waals surface area contributed by atoms with E-state index in [0.29, 0.717) is 33.7 Å². The Bertz CT molecular complexity index is 4560. The fraction of sp³-hybridized carbons (Fsp3) is 0.597. The lowest BCUT2D eigenvalue weighted by molar-refractivity contribution is 0.521. The van der Waals surface area contributed by atoms with Crippen molar-refractivity contribution < 1.29 is 16.4 Å². The van der Waals surface area contributed by atoms with Gasteiger partial charge in [0, 0.05) is 16.4 Å². The van der Waals surface area contributed by atoms with Crippen LogP contribution in [-0.2, 0) is 92.5 Å². The highest BCUT2D eigenvalue weighted by molar-refractivity contribution is 5.48. The first-order valence-corrected chi connectivity index (χ1v) is 45.2. The second-order valence-corrected chi connectivity index (χ2v) is 46.0. The lowest BCUT2D eigenvalue weighted by Crippen LogP contribution is -2.24. The molecule has 0 fully saturated rings. The Morgan fingerprint density at radius 1 is 0.261 bits per heavy atom. The van der Waals surface area contributed by atoms with Gasteiger partial charge in [0.2, 0.25) is 0 Å². The molecule has 0 spiro atoms. The molecular formula is C119H190. The van der Waals surface area contributed by atoms with E-state index in [1.807, 2.05) is 109 Å². The van der Waals surface area contributed by atoms with Gasteiger partial charge in [-0.15, -0.1) is 0 Å². The van der Waals surface area contributed by atoms with Crippen molar-refractivity contribution in [2.45, 2.75) is 443 Å². The summed E-state index contributed by atoms with van der Waals surface area (Å²) in [6.07, 6.45) is -3.51. The van der Waals surface area contributed by atoms with E-state index in [1.54, 1.807) is 53.1 Å². The molecule has 0 heterocycles. The topological polar surface area (TPSA) is 0 Å². The number of hydrogen-bond acceptors (Lipinski definition) is 0. The second-order valence-electron chi connectivity index (χ2n) is 46.0. The average Bonchev–Trinajstić information content (AvgIpc) is 0.744. The highest BCUT2D eigenvalue weighted by Gasteiger charge is 2.31. The van der Waals surface area contributed by atoms with Gasteiger partial charge in [0.25, 0.3) is 0 Å². The lowest BCUT2D eigenvalue weighted by Gasteiger charge is -2.33. The maximum atomic E-state index is 8.50. The fourth-order valence-electron chi connectivity index (χ4n) is 16.9. The van der Waals surface area contributed by atoms with Crippen molar-refractivity contribution in [1.29, 1.82) is 0 Å². The highest BCUT2D eigenvalue weighted by atomic mass is 14.4. The summed E-state index contributed by atoms with van der Waals surface area (Å²) in [5.41, 5.74) is 27.5. The van der Waals surface area contributed by atoms with Crippen LogP contribution in [0.5, 0.6) is 0 Å². The first-order valence-electron chi connectivity index (χ1n) is 51.2. The molecule has 0 bridgehead atoms. The van der Waals surface area contributed by atoms with E-state index >= 15 is 0 Å². The summed E-state index contributed by atoms with van der Waals surface area (Å²) in [5, 5.41) is 0. The molecule has 0 aliphatic carbocycles. The van der Waals surface area contributed by atoms with E-state index in [0.717, 1.165) is 39.7 Å². The van der Waals surface area contributed by atoms with Crippen molar-refractivity contribution in [3.8, 4) is 0 Å². The van der Waals surface area contributed by atoms with Crippen LogP contribution in [0, 0.1) is 58.2 Å². The van der Waals surface area contributed by atoms with Crippen molar-refractivity contribution in [1.82, 2.24) is 0 Å². The number of aryl methyl sites for hydroxylation is 7. The SMILES string of the molecule is CC(C)(C)c1ccccc1C(C)(C)C.CC(C)Cc1cccc(CC(C)C)c1C(C)(C)C.CC(C)c1ccccc1C(C)(C)C.Cc1cccc(C)c1C(C)(C)C.[2H]C(C)(C)c1cccc(C(C)(C)C)c1C(C)(C)C.[2H]C([2H])(C)c1cccc(C([2H])([2H])C)c1C(C)(C)C.[2H]C([2H])([2H])c1cc(C)c(C(C)(C)C)c(C)c1.[2H]C([2H])(c1cccc(C([2H])([2H])C(C)C)c1C(C)(C)C)C(C)C. The van der Waals surface area contributed by atoms with Gasteiger partial charge in [-0.1, -0.05) is 462 Å². The van der Waals surface area contributed by atoms with Gasteiger partial charge in [-0.3, -0.25) is 0 Å². The molecule has 0 N–H and O–H groups in total. The van der Waals surface area contributed by atoms with E-state index in [-0.39, 0.29) is 66.0 Å². The second kappa shape index (κ2) is 46.5. The first kappa shape index (κ1) is 90.5. The summed E-state index contributed by atoms with van der Waals surface area (Å²) in [6, 6.07) is 51.6. The summed E-state index contributed by atoms with van der Waals surface area (Å²) in [6.45, 7) is 101. The van der Waals surface area contributed by atoms with Crippen LogP contribution in [0.1, 0.15) is 461 Å². The highest BCUT2D eigenvalue weighted by Crippen LogP contribution is 2.41. The molecule has 8 aromatic rings. The van der Waals surface area contributed by atoms with Gasteiger partial charge in [-0.05, 0) is 285 Å². The summed E-state index contributed by atoms with van der Waals surface area (Å²) >= 11 is 0. The van der Waals surface area contributed by atoms with Gasteiger partial charge < -0.3 is 0 Å². The van der Waals surface area contributed by atoms with Crippen LogP contribution in [0.25, 0.3) is 0 Å². The number of rotatable bonds is 12. The van der Waals surface area contributed by atoms with Crippen LogP contribution in [0.3, 0.4) is 0 Å². The largest absolute Gasteiger partial charge is 0.0625 e. The van der Waals surface area contributed by atoms with Crippen LogP contribution in [0.2, 0.25) is 0 Å². The standard InChI is InChI=1S/2C18H30.C17H28.2C14H22.2C13H20.C12H18/c2*1-13(2)11-15-9-8-10-16(12-14(3)4)17(15)18(5,6)7;1-12(2)13-10-9-11-14(16(3,4)5)15(13)17(6,7)8;1-13(2,3)11-9-7-8-10-12(11)14(4,5)6;1-6-11-9-8-10-12(7-2)13(11)14(3,4)5;1-9-7-10(2)12(11(3)8-9)13(4,5)6;1-10(2)11-8-6-7-9-12(11)13(3,4)5;1-9-7-6-8-10(2)11(9)12(3,4)5/h2*8-10,13-14H,11-12H2,1-7H3;9-12H,1-8H3;7-10H,1-6H3;8-10H,6-7H2,1-5H3;7-8H,1-6H3;6-10H,1-5H3;6-8H,1-5H3/i11D2,12D2;;12D;;6D2,7D2;1D3;;. The molecule has 0 heteroatoms. The molecule has 0 saturated heterocycles. The number of benzene rings is 8. The lowest BCUT2D eigenvalue weighted by atomic mass is 9.71. The van der Waals surface area contributed by atoms with Crippen LogP contribution < -0.4 is 0 Å². The Morgan fingerprint density at radius 2 is 0.521 bits per heavy atom. The van der Waals surface area contributed by atoms with Crippen molar-refractivity contribution in [3.63, 3.8) is 0 Å². The molecule has 0 nitrogen and oxygen atoms in total. The van der Waals surface area contributed by atoms with Gasteiger partial charge in [0.1, 0.15) is 0 Å². The minimum Gasteiger partial charge on any atom is -0.0625 e. The molecule has 119 heavy (non-hydrogen) atoms. The van der Waals surface area contributed by atoms with Crippen LogP contribution in [0.15, 0.2) is 152 Å². The molecule has 0 saturated carbocycles. The zero-order chi connectivity index (χ0) is 103. The predicted octanol–water partition coefficient (Wildman–Crippen LogP) is 36.2. The summed E-state index contributed by atoms with van der Waals surface area (Å²) in [7, 11) is 0. The van der Waals surface area contributed by atoms with Gasteiger partial charge in [0.05, 0.1) is 0 Å². The van der Waals surface area contributed by atoms with Gasteiger partial charge >= 0.3 is 0 Å². The predicted molar refractivity (Wildman–Crippen MR) is 543 cm³/mol. The van der Waals surface area contributed by atoms with E-state index in [1.165, 1.54) is 82.3 Å². The summed E-state index contributed by atoms with van der Waals surface area (Å²) < 4.78 is 96.4. The van der Waals surface area contributed by atoms with E-state index in [2.05, 4.69) is 325 Å². The molecule has 666 valence electrons. The Kier molecular flexibility index (Phi) is 35.3. The molecule has 8 rings (SSSR count). The van der Waals surface area contributed by atoms with Gasteiger partial charge in [-0.2, -0.15) is 0 Å². The smallest absolute Gasteiger partial charge is 0.0347 e. The molecular weight excluding hydrogens is 1430 g/mol. The monoisotopic (exact) mass is 1630 g/mol. The Labute approximate surface area is 759 Å².